The quantitative estimate of drug-likeness (QED) is 0.460. The fourth-order valence-electron chi connectivity index (χ4n) is 5.55. The van der Waals surface area contributed by atoms with Crippen LogP contribution in [0.25, 0.3) is 0 Å². The zero-order valence-electron chi connectivity index (χ0n) is 18.9. The van der Waals surface area contributed by atoms with Gasteiger partial charge >= 0.3 is 0 Å². The van der Waals surface area contributed by atoms with E-state index in [1.165, 1.54) is 6.07 Å². The van der Waals surface area contributed by atoms with Gasteiger partial charge in [0, 0.05) is 28.5 Å². The number of hydrogen-bond donors (Lipinski definition) is 1. The van der Waals surface area contributed by atoms with Crippen LogP contribution in [-0.2, 0) is 5.75 Å². The highest BCUT2D eigenvalue weighted by molar-refractivity contribution is 7.98. The molecule has 1 saturated carbocycles. The van der Waals surface area contributed by atoms with E-state index in [9.17, 15) is 14.7 Å². The van der Waals surface area contributed by atoms with Gasteiger partial charge in [-0.05, 0) is 42.2 Å². The summed E-state index contributed by atoms with van der Waals surface area (Å²) in [4.78, 5) is 29.2. The summed E-state index contributed by atoms with van der Waals surface area (Å²) in [6.07, 6.45) is 7.30. The number of benzene rings is 2. The number of amides is 1. The third-order valence-corrected chi connectivity index (χ3v) is 8.59. The second-order valence-corrected chi connectivity index (χ2v) is 10.4. The highest BCUT2D eigenvalue weighted by Crippen LogP contribution is 2.49. The van der Waals surface area contributed by atoms with Crippen molar-refractivity contribution in [1.29, 1.82) is 0 Å². The summed E-state index contributed by atoms with van der Waals surface area (Å²) in [6, 6.07) is 15.5. The monoisotopic (exact) mass is 501 g/mol. The summed E-state index contributed by atoms with van der Waals surface area (Å²) in [6.45, 7) is 0.716. The standard InChI is InChI=1S/C27H23N3O4S.CH4/c31-19-9-13-29-24(25(19)32)26(33)28-16-30(29)23-18-6-1-2-8-21(18)35-15-17-5-3-7-20(22(17)23)34-14-4-10-27(28)11-12-27;/h1-10,13,23,32H,11-12,14-16H2;1H4/b10-4+;/t23-;/m0./s1. The number of fused-ring (bicyclic) bond motifs is 8. The van der Waals surface area contributed by atoms with Crippen LogP contribution in [0.4, 0.5) is 0 Å². The lowest BCUT2D eigenvalue weighted by Gasteiger charge is -2.46. The van der Waals surface area contributed by atoms with Gasteiger partial charge in [0.25, 0.3) is 5.91 Å². The van der Waals surface area contributed by atoms with Crippen LogP contribution >= 0.6 is 11.8 Å². The lowest BCUT2D eigenvalue weighted by atomic mass is 9.93. The fourth-order valence-corrected chi connectivity index (χ4v) is 6.64. The number of aromatic nitrogens is 1. The van der Waals surface area contributed by atoms with Gasteiger partial charge in [-0.2, -0.15) is 0 Å². The van der Waals surface area contributed by atoms with Gasteiger partial charge in [0.05, 0.1) is 5.54 Å². The summed E-state index contributed by atoms with van der Waals surface area (Å²) in [5.74, 6) is 0.751. The molecule has 4 aliphatic rings. The Labute approximate surface area is 213 Å². The molecule has 0 saturated heterocycles. The van der Waals surface area contributed by atoms with E-state index in [1.54, 1.807) is 22.6 Å². The van der Waals surface area contributed by atoms with E-state index >= 15 is 0 Å². The topological polar surface area (TPSA) is 75.0 Å². The van der Waals surface area contributed by atoms with Crippen molar-refractivity contribution in [1.82, 2.24) is 9.58 Å². The van der Waals surface area contributed by atoms with Crippen molar-refractivity contribution in [3.05, 3.63) is 99.5 Å². The van der Waals surface area contributed by atoms with E-state index < -0.39 is 16.7 Å². The fraction of sp³-hybridized carbons (Fsp3) is 0.286. The lowest BCUT2D eigenvalue weighted by Crippen LogP contribution is -2.58. The Morgan fingerprint density at radius 1 is 1.06 bits per heavy atom. The molecule has 2 aromatic carbocycles. The Morgan fingerprint density at radius 3 is 2.72 bits per heavy atom. The molecule has 7 nitrogen and oxygen atoms in total. The first kappa shape index (κ1) is 22.8. The third kappa shape index (κ3) is 3.20. The van der Waals surface area contributed by atoms with Gasteiger partial charge in [-0.25, -0.2) is 0 Å². The number of nitrogens with zero attached hydrogens (tertiary/aromatic N) is 3. The van der Waals surface area contributed by atoms with Gasteiger partial charge in [0.2, 0.25) is 5.43 Å². The molecule has 1 atom stereocenters. The molecule has 184 valence electrons. The molecular formula is C28H27N3O4S. The molecule has 1 aromatic heterocycles. The minimum atomic E-state index is -0.558. The second-order valence-electron chi connectivity index (χ2n) is 9.41. The molecule has 1 spiro atoms. The zero-order valence-corrected chi connectivity index (χ0v) is 19.7. The summed E-state index contributed by atoms with van der Waals surface area (Å²) in [7, 11) is 0. The molecule has 3 aliphatic heterocycles. The van der Waals surface area contributed by atoms with Crippen molar-refractivity contribution < 1.29 is 14.6 Å². The van der Waals surface area contributed by atoms with Crippen molar-refractivity contribution in [2.45, 2.75) is 42.5 Å². The van der Waals surface area contributed by atoms with Crippen molar-refractivity contribution in [2.24, 2.45) is 0 Å². The van der Waals surface area contributed by atoms with Crippen LogP contribution in [0.15, 0.2) is 76.6 Å². The molecule has 1 aliphatic carbocycles. The Kier molecular flexibility index (Phi) is 5.19. The van der Waals surface area contributed by atoms with Gasteiger partial charge in [0.15, 0.2) is 11.4 Å². The maximum absolute atomic E-state index is 13.8. The number of aromatic hydroxyl groups is 1. The Bertz CT molecular complexity index is 1480. The second kappa shape index (κ2) is 8.20. The summed E-state index contributed by atoms with van der Waals surface area (Å²) in [5, 5.41) is 12.9. The zero-order chi connectivity index (χ0) is 23.7. The van der Waals surface area contributed by atoms with Crippen molar-refractivity contribution in [3.63, 3.8) is 0 Å². The SMILES string of the molecule is C.O=C1c2c(O)c(=O)ccn2N2CN1C1(/C=C/COc3cccc4c3[C@@H]2c2ccccc2SC4)CC1. The lowest BCUT2D eigenvalue weighted by molar-refractivity contribution is 0.0605. The van der Waals surface area contributed by atoms with E-state index in [0.29, 0.717) is 13.3 Å². The Hall–Kier alpha value is -3.65. The van der Waals surface area contributed by atoms with Crippen LogP contribution in [0, 0.1) is 0 Å². The van der Waals surface area contributed by atoms with Gasteiger partial charge in [-0.1, -0.05) is 43.8 Å². The minimum Gasteiger partial charge on any atom is -0.502 e. The first-order valence-electron chi connectivity index (χ1n) is 11.7. The highest BCUT2D eigenvalue weighted by atomic mass is 32.2. The average Bonchev–Trinajstić information content (AvgIpc) is 3.67. The van der Waals surface area contributed by atoms with Gasteiger partial charge < -0.3 is 14.7 Å². The van der Waals surface area contributed by atoms with Crippen LogP contribution in [0.1, 0.15) is 53.5 Å². The Balaban J connectivity index is 0.00000240. The van der Waals surface area contributed by atoms with Crippen molar-refractivity contribution >= 4 is 17.7 Å². The first-order valence-corrected chi connectivity index (χ1v) is 12.7. The molecule has 1 amide bonds. The molecule has 0 unspecified atom stereocenters. The molecule has 2 bridgehead atoms. The summed E-state index contributed by atoms with van der Waals surface area (Å²) >= 11 is 1.78. The summed E-state index contributed by atoms with van der Waals surface area (Å²) < 4.78 is 8.00. The Morgan fingerprint density at radius 2 is 1.89 bits per heavy atom. The highest BCUT2D eigenvalue weighted by Gasteiger charge is 2.52. The van der Waals surface area contributed by atoms with Gasteiger partial charge in [-0.15, -0.1) is 11.8 Å². The number of carbonyl (C=O) groups excluding carboxylic acids is 1. The molecule has 0 radical (unpaired) electrons. The van der Waals surface area contributed by atoms with Crippen LogP contribution in [-0.4, -0.2) is 39.4 Å². The van der Waals surface area contributed by atoms with Crippen molar-refractivity contribution in [3.8, 4) is 11.5 Å². The molecule has 36 heavy (non-hydrogen) atoms. The molecule has 3 aromatic rings. The number of ether oxygens (including phenoxy) is 1. The molecule has 1 N–H and O–H groups in total. The predicted molar refractivity (Wildman–Crippen MR) is 139 cm³/mol. The van der Waals surface area contributed by atoms with Crippen LogP contribution in [0.2, 0.25) is 0 Å². The van der Waals surface area contributed by atoms with E-state index in [1.807, 2.05) is 35.2 Å². The predicted octanol–water partition coefficient (Wildman–Crippen LogP) is 4.42. The van der Waals surface area contributed by atoms with E-state index in [4.69, 9.17) is 4.74 Å². The number of carbonyl (C=O) groups is 1. The number of rotatable bonds is 0. The average molecular weight is 502 g/mol. The summed E-state index contributed by atoms with van der Waals surface area (Å²) in [5.41, 5.74) is 2.31. The van der Waals surface area contributed by atoms with Crippen molar-refractivity contribution in [2.75, 3.05) is 18.3 Å². The molecule has 8 heteroatoms. The van der Waals surface area contributed by atoms with Crippen LogP contribution in [0.3, 0.4) is 0 Å². The normalized spacial score (nSPS) is 21.6. The maximum Gasteiger partial charge on any atom is 0.278 e. The minimum absolute atomic E-state index is 0. The maximum atomic E-state index is 13.8. The number of pyridine rings is 1. The smallest absolute Gasteiger partial charge is 0.278 e. The molecule has 1 fully saturated rings. The van der Waals surface area contributed by atoms with Gasteiger partial charge in [0.1, 0.15) is 25.1 Å². The molecule has 7 rings (SSSR count). The third-order valence-electron chi connectivity index (χ3n) is 7.45. The number of hydrogen-bond acceptors (Lipinski definition) is 6. The molecular weight excluding hydrogens is 474 g/mol. The first-order chi connectivity index (χ1) is 17.1. The van der Waals surface area contributed by atoms with Gasteiger partial charge in [-0.3, -0.25) is 19.3 Å². The van der Waals surface area contributed by atoms with E-state index in [0.717, 1.165) is 45.9 Å². The van der Waals surface area contributed by atoms with Crippen LogP contribution < -0.4 is 15.2 Å². The largest absolute Gasteiger partial charge is 0.502 e. The number of thioether (sulfide) groups is 1. The van der Waals surface area contributed by atoms with E-state index in [2.05, 4.69) is 29.3 Å². The van der Waals surface area contributed by atoms with E-state index in [-0.39, 0.29) is 25.1 Å². The van der Waals surface area contributed by atoms with Crippen LogP contribution in [0.5, 0.6) is 11.5 Å². The molecule has 4 heterocycles.